The van der Waals surface area contributed by atoms with Gasteiger partial charge in [-0.3, -0.25) is 0 Å². The van der Waals surface area contributed by atoms with Crippen LogP contribution in [0.5, 0.6) is 23.0 Å². The molecule has 1 atom stereocenters. The first-order valence-corrected chi connectivity index (χ1v) is 4.55. The Labute approximate surface area is 87.4 Å². The van der Waals surface area contributed by atoms with Gasteiger partial charge in [0.15, 0.2) is 11.5 Å². The van der Waals surface area contributed by atoms with Crippen molar-refractivity contribution < 1.29 is 19.3 Å². The molecule has 3 N–H and O–H groups in total. The molecule has 5 heteroatoms. The summed E-state index contributed by atoms with van der Waals surface area (Å²) in [7, 11) is 2.94. The van der Waals surface area contributed by atoms with Crippen molar-refractivity contribution in [1.29, 1.82) is 0 Å². The van der Waals surface area contributed by atoms with Crippen LogP contribution in [0.2, 0.25) is 0 Å². The first-order valence-electron chi connectivity index (χ1n) is 4.55. The zero-order valence-electron chi connectivity index (χ0n) is 8.61. The highest BCUT2D eigenvalue weighted by molar-refractivity contribution is 5.63. The predicted molar refractivity (Wildman–Crippen MR) is 53.6 cm³/mol. The molecule has 0 fully saturated rings. The van der Waals surface area contributed by atoms with E-state index >= 15 is 0 Å². The van der Waals surface area contributed by atoms with Crippen molar-refractivity contribution in [2.24, 2.45) is 5.73 Å². The highest BCUT2D eigenvalue weighted by Gasteiger charge is 2.29. The van der Waals surface area contributed by atoms with Gasteiger partial charge in [-0.2, -0.15) is 0 Å². The van der Waals surface area contributed by atoms with E-state index in [1.165, 1.54) is 14.2 Å². The average molecular weight is 211 g/mol. The maximum atomic E-state index is 9.81. The Morgan fingerprint density at radius 2 is 2.20 bits per heavy atom. The van der Waals surface area contributed by atoms with Crippen LogP contribution >= 0.6 is 0 Å². The molecule has 0 bridgehead atoms. The molecule has 1 aliphatic rings. The number of ether oxygens (including phenoxy) is 3. The van der Waals surface area contributed by atoms with Crippen molar-refractivity contribution in [3.63, 3.8) is 0 Å². The van der Waals surface area contributed by atoms with Gasteiger partial charge in [-0.15, -0.1) is 0 Å². The van der Waals surface area contributed by atoms with Crippen LogP contribution in [0.25, 0.3) is 0 Å². The fraction of sp³-hybridized carbons (Fsp3) is 0.400. The van der Waals surface area contributed by atoms with E-state index < -0.39 is 0 Å². The Morgan fingerprint density at radius 3 is 2.80 bits per heavy atom. The number of benzene rings is 1. The normalized spacial score (nSPS) is 18.2. The van der Waals surface area contributed by atoms with Crippen LogP contribution in [0.3, 0.4) is 0 Å². The molecule has 0 saturated heterocycles. The molecule has 1 heterocycles. The van der Waals surface area contributed by atoms with Crippen molar-refractivity contribution in [3.05, 3.63) is 11.6 Å². The highest BCUT2D eigenvalue weighted by atomic mass is 16.5. The topological polar surface area (TPSA) is 73.9 Å². The second-order valence-electron chi connectivity index (χ2n) is 3.29. The molecule has 1 aromatic carbocycles. The van der Waals surface area contributed by atoms with E-state index in [2.05, 4.69) is 0 Å². The molecule has 0 amide bonds. The third kappa shape index (κ3) is 1.35. The summed E-state index contributed by atoms with van der Waals surface area (Å²) in [6.07, 6.45) is 0. The van der Waals surface area contributed by atoms with Gasteiger partial charge in [0.1, 0.15) is 12.4 Å². The van der Waals surface area contributed by atoms with Crippen LogP contribution in [0.1, 0.15) is 11.6 Å². The lowest BCUT2D eigenvalue weighted by Crippen LogP contribution is -2.11. The van der Waals surface area contributed by atoms with Gasteiger partial charge in [-0.25, -0.2) is 0 Å². The lowest BCUT2D eigenvalue weighted by molar-refractivity contribution is 0.327. The molecule has 5 nitrogen and oxygen atoms in total. The van der Waals surface area contributed by atoms with E-state index in [1.54, 1.807) is 6.07 Å². The van der Waals surface area contributed by atoms with E-state index in [4.69, 9.17) is 19.9 Å². The van der Waals surface area contributed by atoms with Crippen molar-refractivity contribution in [3.8, 4) is 23.0 Å². The smallest absolute Gasteiger partial charge is 0.201 e. The molecule has 0 spiro atoms. The Morgan fingerprint density at radius 1 is 1.47 bits per heavy atom. The molecule has 82 valence electrons. The summed E-state index contributed by atoms with van der Waals surface area (Å²) in [6, 6.07) is 1.34. The number of phenols is 1. The molecular weight excluding hydrogens is 198 g/mol. The fourth-order valence-electron chi connectivity index (χ4n) is 1.71. The first-order chi connectivity index (χ1) is 7.19. The molecular formula is C10H13NO4. The Kier molecular flexibility index (Phi) is 2.32. The minimum atomic E-state index is -0.272. The van der Waals surface area contributed by atoms with E-state index in [0.29, 0.717) is 29.4 Å². The molecule has 0 radical (unpaired) electrons. The number of phenolic OH excluding ortho intramolecular Hbond substituents is 1. The number of hydrogen-bond acceptors (Lipinski definition) is 5. The number of hydrogen-bond donors (Lipinski definition) is 2. The van der Waals surface area contributed by atoms with E-state index in [-0.39, 0.29) is 11.8 Å². The van der Waals surface area contributed by atoms with Gasteiger partial charge in [0.2, 0.25) is 5.75 Å². The number of nitrogens with two attached hydrogens (primary N) is 1. The van der Waals surface area contributed by atoms with Crippen LogP contribution in [0.4, 0.5) is 0 Å². The molecule has 1 aliphatic heterocycles. The monoisotopic (exact) mass is 211 g/mol. The van der Waals surface area contributed by atoms with Crippen molar-refractivity contribution in [1.82, 2.24) is 0 Å². The Bertz CT molecular complexity index is 391. The van der Waals surface area contributed by atoms with Crippen LogP contribution < -0.4 is 19.9 Å². The lowest BCUT2D eigenvalue weighted by Gasteiger charge is -2.13. The molecule has 1 aromatic rings. The Balaban J connectivity index is 2.64. The molecule has 0 aliphatic carbocycles. The molecule has 1 unspecified atom stereocenters. The van der Waals surface area contributed by atoms with Gasteiger partial charge in [-0.1, -0.05) is 0 Å². The molecule has 0 aromatic heterocycles. The summed E-state index contributed by atoms with van der Waals surface area (Å²) < 4.78 is 15.5. The van der Waals surface area contributed by atoms with Gasteiger partial charge < -0.3 is 25.1 Å². The summed E-state index contributed by atoms with van der Waals surface area (Å²) in [5, 5.41) is 9.81. The maximum Gasteiger partial charge on any atom is 0.201 e. The fourth-order valence-corrected chi connectivity index (χ4v) is 1.71. The summed E-state index contributed by atoms with van der Waals surface area (Å²) >= 11 is 0. The third-order valence-corrected chi connectivity index (χ3v) is 2.43. The summed E-state index contributed by atoms with van der Waals surface area (Å²) in [5.74, 6) is 1.21. The number of aromatic hydroxyl groups is 1. The van der Waals surface area contributed by atoms with Crippen molar-refractivity contribution in [2.45, 2.75) is 6.04 Å². The maximum absolute atomic E-state index is 9.81. The van der Waals surface area contributed by atoms with Gasteiger partial charge in [0.25, 0.3) is 0 Å². The number of fused-ring (bicyclic) bond motifs is 1. The standard InChI is InChI=1S/C10H13NO4/c1-13-7-3-6-8(5(11)4-15-6)10(14-2)9(7)12/h3,5,12H,4,11H2,1-2H3. The number of rotatable bonds is 2. The Hall–Kier alpha value is -1.62. The zero-order chi connectivity index (χ0) is 11.0. The van der Waals surface area contributed by atoms with E-state index in [9.17, 15) is 5.11 Å². The minimum Gasteiger partial charge on any atom is -0.502 e. The van der Waals surface area contributed by atoms with Crippen LogP contribution in [-0.4, -0.2) is 25.9 Å². The predicted octanol–water partition coefficient (Wildman–Crippen LogP) is 0.802. The second-order valence-corrected chi connectivity index (χ2v) is 3.29. The molecule has 2 rings (SSSR count). The first kappa shape index (κ1) is 9.92. The average Bonchev–Trinajstić information content (AvgIpc) is 2.60. The second kappa shape index (κ2) is 3.51. The highest BCUT2D eigenvalue weighted by Crippen LogP contribution is 2.48. The minimum absolute atomic E-state index is 0.0419. The molecule has 15 heavy (non-hydrogen) atoms. The van der Waals surface area contributed by atoms with Crippen LogP contribution in [0, 0.1) is 0 Å². The summed E-state index contributed by atoms with van der Waals surface area (Å²) in [4.78, 5) is 0. The van der Waals surface area contributed by atoms with Crippen molar-refractivity contribution in [2.75, 3.05) is 20.8 Å². The largest absolute Gasteiger partial charge is 0.502 e. The van der Waals surface area contributed by atoms with Gasteiger partial charge in [0, 0.05) is 6.07 Å². The molecule has 0 saturated carbocycles. The van der Waals surface area contributed by atoms with Gasteiger partial charge in [0.05, 0.1) is 25.8 Å². The third-order valence-electron chi connectivity index (χ3n) is 2.43. The van der Waals surface area contributed by atoms with Crippen molar-refractivity contribution >= 4 is 0 Å². The van der Waals surface area contributed by atoms with Crippen LogP contribution in [-0.2, 0) is 0 Å². The van der Waals surface area contributed by atoms with Gasteiger partial charge in [-0.05, 0) is 0 Å². The summed E-state index contributed by atoms with van der Waals surface area (Å²) in [5.41, 5.74) is 6.52. The van der Waals surface area contributed by atoms with E-state index in [1.807, 2.05) is 0 Å². The zero-order valence-corrected chi connectivity index (χ0v) is 8.61. The summed E-state index contributed by atoms with van der Waals surface area (Å²) in [6.45, 7) is 0.387. The SMILES string of the molecule is COc1cc2c(c(OC)c1O)C(N)CO2. The van der Waals surface area contributed by atoms with E-state index in [0.717, 1.165) is 0 Å². The number of methoxy groups -OCH3 is 2. The quantitative estimate of drug-likeness (QED) is 0.757. The lowest BCUT2D eigenvalue weighted by atomic mass is 10.1. The van der Waals surface area contributed by atoms with Gasteiger partial charge >= 0.3 is 0 Å². The van der Waals surface area contributed by atoms with Crippen LogP contribution in [0.15, 0.2) is 6.07 Å².